The van der Waals surface area contributed by atoms with Crippen LogP contribution in [0, 0.1) is 6.92 Å². The first-order valence-electron chi connectivity index (χ1n) is 9.31. The van der Waals surface area contributed by atoms with E-state index in [1.54, 1.807) is 6.92 Å². The zero-order valence-corrected chi connectivity index (χ0v) is 16.8. The number of hydrogen-bond acceptors (Lipinski definition) is 2. The molecular formula is C23H31NO2. The van der Waals surface area contributed by atoms with Crippen molar-refractivity contribution in [1.29, 1.82) is 0 Å². The number of amides is 1. The van der Waals surface area contributed by atoms with E-state index >= 15 is 0 Å². The van der Waals surface area contributed by atoms with Gasteiger partial charge in [-0.3, -0.25) is 4.79 Å². The number of benzene rings is 2. The molecule has 1 N–H and O–H groups in total. The van der Waals surface area contributed by atoms with Gasteiger partial charge in [-0.1, -0.05) is 56.3 Å². The van der Waals surface area contributed by atoms with Gasteiger partial charge in [0.15, 0.2) is 6.10 Å². The highest BCUT2D eigenvalue weighted by Crippen LogP contribution is 2.28. The number of nitrogens with one attached hydrogen (secondary N) is 1. The highest BCUT2D eigenvalue weighted by atomic mass is 16.5. The molecule has 0 aliphatic carbocycles. The minimum absolute atomic E-state index is 0.0952. The van der Waals surface area contributed by atoms with Crippen LogP contribution < -0.4 is 10.1 Å². The summed E-state index contributed by atoms with van der Waals surface area (Å²) in [5.74, 6) is 1.04. The number of carbonyl (C=O) groups excluding carboxylic acids is 1. The van der Waals surface area contributed by atoms with Crippen molar-refractivity contribution in [1.82, 2.24) is 5.32 Å². The lowest BCUT2D eigenvalue weighted by Gasteiger charge is -2.28. The smallest absolute Gasteiger partial charge is 0.261 e. The summed E-state index contributed by atoms with van der Waals surface area (Å²) >= 11 is 0. The SMILES string of the molecule is Cc1ccc(C(C)C)c(OC(C)C(=O)NC(C)(C)Cc2ccccc2)c1. The topological polar surface area (TPSA) is 38.3 Å². The van der Waals surface area contributed by atoms with Crippen LogP contribution in [-0.4, -0.2) is 17.6 Å². The molecule has 0 radical (unpaired) electrons. The Morgan fingerprint density at radius 3 is 2.35 bits per heavy atom. The Morgan fingerprint density at radius 2 is 1.73 bits per heavy atom. The van der Waals surface area contributed by atoms with Gasteiger partial charge in [-0.25, -0.2) is 0 Å². The molecule has 3 heteroatoms. The van der Waals surface area contributed by atoms with Crippen molar-refractivity contribution in [3.05, 3.63) is 65.2 Å². The number of carbonyl (C=O) groups is 1. The van der Waals surface area contributed by atoms with Gasteiger partial charge in [-0.05, 0) is 62.8 Å². The van der Waals surface area contributed by atoms with Crippen LogP contribution in [0.4, 0.5) is 0 Å². The van der Waals surface area contributed by atoms with Crippen molar-refractivity contribution in [2.24, 2.45) is 0 Å². The van der Waals surface area contributed by atoms with E-state index in [2.05, 4.69) is 43.4 Å². The summed E-state index contributed by atoms with van der Waals surface area (Å²) in [6.07, 6.45) is 0.220. The standard InChI is InChI=1S/C23H31NO2/c1-16(2)20-13-12-17(3)14-21(20)26-18(4)22(25)24-23(5,6)15-19-10-8-7-9-11-19/h7-14,16,18H,15H2,1-6H3,(H,24,25). The lowest BCUT2D eigenvalue weighted by atomic mass is 9.94. The van der Waals surface area contributed by atoms with E-state index in [-0.39, 0.29) is 11.4 Å². The first-order valence-corrected chi connectivity index (χ1v) is 9.31. The quantitative estimate of drug-likeness (QED) is 0.759. The third-order valence-electron chi connectivity index (χ3n) is 4.41. The van der Waals surface area contributed by atoms with Gasteiger partial charge >= 0.3 is 0 Å². The average Bonchev–Trinajstić information content (AvgIpc) is 2.54. The van der Waals surface area contributed by atoms with E-state index in [4.69, 9.17) is 4.74 Å². The van der Waals surface area contributed by atoms with E-state index in [1.807, 2.05) is 45.0 Å². The summed E-state index contributed by atoms with van der Waals surface area (Å²) in [6, 6.07) is 16.4. The number of rotatable bonds is 7. The normalized spacial score (nSPS) is 12.7. The molecule has 26 heavy (non-hydrogen) atoms. The van der Waals surface area contributed by atoms with Crippen LogP contribution in [-0.2, 0) is 11.2 Å². The number of aryl methyl sites for hydroxylation is 1. The first kappa shape index (κ1) is 20.0. The molecule has 1 atom stereocenters. The number of hydrogen-bond donors (Lipinski definition) is 1. The second-order valence-electron chi connectivity index (χ2n) is 7.99. The van der Waals surface area contributed by atoms with Crippen molar-refractivity contribution in [2.75, 3.05) is 0 Å². The molecule has 140 valence electrons. The fraction of sp³-hybridized carbons (Fsp3) is 0.435. The Kier molecular flexibility index (Phi) is 6.47. The summed E-state index contributed by atoms with van der Waals surface area (Å²) in [4.78, 5) is 12.7. The largest absolute Gasteiger partial charge is 0.481 e. The van der Waals surface area contributed by atoms with E-state index in [1.165, 1.54) is 5.56 Å². The molecule has 2 aromatic carbocycles. The summed E-state index contributed by atoms with van der Waals surface area (Å²) in [5.41, 5.74) is 3.11. The average molecular weight is 354 g/mol. The molecule has 0 aromatic heterocycles. The maximum atomic E-state index is 12.7. The van der Waals surface area contributed by atoms with Crippen LogP contribution in [0.1, 0.15) is 57.2 Å². The van der Waals surface area contributed by atoms with E-state index in [0.717, 1.165) is 23.3 Å². The van der Waals surface area contributed by atoms with Gasteiger partial charge in [0, 0.05) is 5.54 Å². The van der Waals surface area contributed by atoms with Gasteiger partial charge in [0.25, 0.3) is 5.91 Å². The van der Waals surface area contributed by atoms with Crippen LogP contribution in [0.5, 0.6) is 5.75 Å². The Balaban J connectivity index is 2.04. The van der Waals surface area contributed by atoms with E-state index < -0.39 is 6.10 Å². The van der Waals surface area contributed by atoms with Crippen LogP contribution >= 0.6 is 0 Å². The van der Waals surface area contributed by atoms with Gasteiger partial charge in [0.1, 0.15) is 5.75 Å². The van der Waals surface area contributed by atoms with Crippen LogP contribution in [0.3, 0.4) is 0 Å². The highest BCUT2D eigenvalue weighted by Gasteiger charge is 2.25. The molecule has 3 nitrogen and oxygen atoms in total. The van der Waals surface area contributed by atoms with Gasteiger partial charge in [0.2, 0.25) is 0 Å². The maximum absolute atomic E-state index is 12.7. The van der Waals surface area contributed by atoms with Crippen molar-refractivity contribution >= 4 is 5.91 Å². The summed E-state index contributed by atoms with van der Waals surface area (Å²) < 4.78 is 6.03. The molecule has 0 bridgehead atoms. The molecule has 1 amide bonds. The highest BCUT2D eigenvalue weighted by molar-refractivity contribution is 5.81. The lowest BCUT2D eigenvalue weighted by Crippen LogP contribution is -2.49. The fourth-order valence-corrected chi connectivity index (χ4v) is 3.05. The Hall–Kier alpha value is -2.29. The molecule has 0 fully saturated rings. The third kappa shape index (κ3) is 5.62. The van der Waals surface area contributed by atoms with E-state index in [0.29, 0.717) is 5.92 Å². The molecule has 0 saturated heterocycles. The molecule has 2 aromatic rings. The second-order valence-corrected chi connectivity index (χ2v) is 7.99. The molecule has 0 spiro atoms. The summed E-state index contributed by atoms with van der Waals surface area (Å²) in [6.45, 7) is 12.2. The second kappa shape index (κ2) is 8.39. The minimum atomic E-state index is -0.552. The maximum Gasteiger partial charge on any atom is 0.261 e. The molecular weight excluding hydrogens is 322 g/mol. The first-order chi connectivity index (χ1) is 12.2. The van der Waals surface area contributed by atoms with Gasteiger partial charge in [-0.15, -0.1) is 0 Å². The van der Waals surface area contributed by atoms with Crippen LogP contribution in [0.15, 0.2) is 48.5 Å². The van der Waals surface area contributed by atoms with Crippen molar-refractivity contribution in [3.8, 4) is 5.75 Å². The van der Waals surface area contributed by atoms with Crippen LogP contribution in [0.25, 0.3) is 0 Å². The zero-order chi connectivity index (χ0) is 19.3. The fourth-order valence-electron chi connectivity index (χ4n) is 3.05. The van der Waals surface area contributed by atoms with Crippen molar-refractivity contribution < 1.29 is 9.53 Å². The van der Waals surface area contributed by atoms with Gasteiger partial charge in [-0.2, -0.15) is 0 Å². The van der Waals surface area contributed by atoms with Crippen LogP contribution in [0.2, 0.25) is 0 Å². The van der Waals surface area contributed by atoms with Gasteiger partial charge < -0.3 is 10.1 Å². The molecule has 0 saturated carbocycles. The molecule has 0 aliphatic rings. The Morgan fingerprint density at radius 1 is 1.08 bits per heavy atom. The Bertz CT molecular complexity index is 735. The predicted molar refractivity (Wildman–Crippen MR) is 108 cm³/mol. The lowest BCUT2D eigenvalue weighted by molar-refractivity contribution is -0.128. The molecule has 2 rings (SSSR count). The zero-order valence-electron chi connectivity index (χ0n) is 16.8. The molecule has 0 aliphatic heterocycles. The Labute approximate surface area is 157 Å². The summed E-state index contributed by atoms with van der Waals surface area (Å²) in [7, 11) is 0. The molecule has 1 unspecified atom stereocenters. The predicted octanol–water partition coefficient (Wildman–Crippen LogP) is 5.02. The molecule has 0 heterocycles. The third-order valence-corrected chi connectivity index (χ3v) is 4.41. The van der Waals surface area contributed by atoms with Crippen molar-refractivity contribution in [2.45, 2.75) is 65.5 Å². The minimum Gasteiger partial charge on any atom is -0.481 e. The van der Waals surface area contributed by atoms with Gasteiger partial charge in [0.05, 0.1) is 0 Å². The van der Waals surface area contributed by atoms with Crippen molar-refractivity contribution in [3.63, 3.8) is 0 Å². The summed E-state index contributed by atoms with van der Waals surface area (Å²) in [5, 5.41) is 3.12. The number of ether oxygens (including phenoxy) is 1. The monoisotopic (exact) mass is 353 g/mol. The van der Waals surface area contributed by atoms with E-state index in [9.17, 15) is 4.79 Å².